The molecular weight excluding hydrogens is 365 g/mol. The zero-order valence-electron chi connectivity index (χ0n) is 14.7. The number of fused-ring (bicyclic) bond motifs is 1. The highest BCUT2D eigenvalue weighted by atomic mass is 32.1. The van der Waals surface area contributed by atoms with E-state index in [2.05, 4.69) is 26.7 Å². The maximum absolute atomic E-state index is 13.3. The summed E-state index contributed by atoms with van der Waals surface area (Å²) in [5.74, 6) is 6.02. The second-order valence-electron chi connectivity index (χ2n) is 6.08. The molecule has 1 fully saturated rings. The molecule has 0 aliphatic carbocycles. The maximum Gasteiger partial charge on any atom is 0.249 e. The molecule has 5 nitrogen and oxygen atoms in total. The first-order valence-corrected chi connectivity index (χ1v) is 9.67. The van der Waals surface area contributed by atoms with E-state index in [4.69, 9.17) is 9.47 Å². The first-order chi connectivity index (χ1) is 13.3. The molecule has 1 aliphatic heterocycles. The normalized spacial score (nSPS) is 14.7. The van der Waals surface area contributed by atoms with Gasteiger partial charge < -0.3 is 9.47 Å². The molecule has 0 spiro atoms. The molecule has 3 heterocycles. The molecule has 3 aromatic rings. The average molecular weight is 383 g/mol. The van der Waals surface area contributed by atoms with Crippen molar-refractivity contribution in [2.24, 2.45) is 0 Å². The minimum atomic E-state index is -0.317. The van der Waals surface area contributed by atoms with Crippen LogP contribution >= 0.6 is 11.3 Å². The number of benzene rings is 1. The molecule has 1 aliphatic rings. The van der Waals surface area contributed by atoms with Crippen molar-refractivity contribution in [3.8, 4) is 17.7 Å². The van der Waals surface area contributed by atoms with E-state index in [9.17, 15) is 4.39 Å². The van der Waals surface area contributed by atoms with Gasteiger partial charge in [-0.25, -0.2) is 14.4 Å². The van der Waals surface area contributed by atoms with Gasteiger partial charge in [0.1, 0.15) is 23.5 Å². The third kappa shape index (κ3) is 4.61. The number of ether oxygens (including phenoxy) is 2. The van der Waals surface area contributed by atoms with Gasteiger partial charge in [0.2, 0.25) is 5.88 Å². The Morgan fingerprint density at radius 1 is 1.15 bits per heavy atom. The molecule has 27 heavy (non-hydrogen) atoms. The highest BCUT2D eigenvalue weighted by Gasteiger charge is 2.12. The highest BCUT2D eigenvalue weighted by Crippen LogP contribution is 2.21. The number of nitrogens with zero attached hydrogens (tertiary/aromatic N) is 3. The minimum absolute atomic E-state index is 0.317. The van der Waals surface area contributed by atoms with Crippen molar-refractivity contribution < 1.29 is 13.9 Å². The van der Waals surface area contributed by atoms with Crippen LogP contribution in [0.3, 0.4) is 0 Å². The molecular formula is C20H18FN3O2S. The molecule has 0 amide bonds. The van der Waals surface area contributed by atoms with Crippen molar-refractivity contribution in [1.82, 2.24) is 14.9 Å². The van der Waals surface area contributed by atoms with Crippen LogP contribution in [0.4, 0.5) is 4.39 Å². The Bertz CT molecular complexity index is 990. The average Bonchev–Trinajstić information content (AvgIpc) is 3.14. The molecule has 7 heteroatoms. The summed E-state index contributed by atoms with van der Waals surface area (Å²) in [5, 5.41) is 3.86. The summed E-state index contributed by atoms with van der Waals surface area (Å²) in [6, 6.07) is 6.17. The minimum Gasteiger partial charge on any atom is -0.474 e. The fourth-order valence-corrected chi connectivity index (χ4v) is 3.43. The Kier molecular flexibility index (Phi) is 5.58. The largest absolute Gasteiger partial charge is 0.474 e. The van der Waals surface area contributed by atoms with Crippen molar-refractivity contribution in [1.29, 1.82) is 0 Å². The van der Waals surface area contributed by atoms with Crippen LogP contribution in [0.25, 0.3) is 11.0 Å². The first-order valence-electron chi connectivity index (χ1n) is 8.72. The Morgan fingerprint density at radius 3 is 2.78 bits per heavy atom. The van der Waals surface area contributed by atoms with Crippen molar-refractivity contribution in [3.05, 3.63) is 52.1 Å². The van der Waals surface area contributed by atoms with Crippen LogP contribution < -0.4 is 4.74 Å². The van der Waals surface area contributed by atoms with Crippen LogP contribution in [0.15, 0.2) is 35.0 Å². The van der Waals surface area contributed by atoms with E-state index >= 15 is 0 Å². The van der Waals surface area contributed by atoms with E-state index in [0.29, 0.717) is 23.7 Å². The fraction of sp³-hybridized carbons (Fsp3) is 0.300. The molecule has 0 atom stereocenters. The lowest BCUT2D eigenvalue weighted by molar-refractivity contribution is 0.0320. The number of thiophene rings is 1. The van der Waals surface area contributed by atoms with E-state index in [1.54, 1.807) is 12.1 Å². The topological polar surface area (TPSA) is 47.5 Å². The Morgan fingerprint density at radius 2 is 1.96 bits per heavy atom. The Balaban J connectivity index is 1.54. The van der Waals surface area contributed by atoms with Gasteiger partial charge in [-0.3, -0.25) is 4.90 Å². The number of morpholine rings is 1. The summed E-state index contributed by atoms with van der Waals surface area (Å²) in [4.78, 5) is 11.4. The lowest BCUT2D eigenvalue weighted by atomic mass is 10.2. The molecule has 4 rings (SSSR count). The van der Waals surface area contributed by atoms with Crippen molar-refractivity contribution >= 4 is 22.4 Å². The van der Waals surface area contributed by atoms with Gasteiger partial charge in [0.25, 0.3) is 0 Å². The number of hydrogen-bond donors (Lipinski definition) is 0. The highest BCUT2D eigenvalue weighted by molar-refractivity contribution is 7.09. The van der Waals surface area contributed by atoms with Gasteiger partial charge in [0, 0.05) is 36.0 Å². The van der Waals surface area contributed by atoms with E-state index < -0.39 is 0 Å². The number of halogens is 1. The van der Waals surface area contributed by atoms with Gasteiger partial charge in [-0.15, -0.1) is 11.3 Å². The van der Waals surface area contributed by atoms with Gasteiger partial charge >= 0.3 is 0 Å². The molecule has 0 radical (unpaired) electrons. The first kappa shape index (κ1) is 17.9. The molecule has 0 N–H and O–H groups in total. The van der Waals surface area contributed by atoms with E-state index in [0.717, 1.165) is 43.9 Å². The molecule has 1 saturated heterocycles. The van der Waals surface area contributed by atoms with Crippen LogP contribution in [0.1, 0.15) is 11.3 Å². The summed E-state index contributed by atoms with van der Waals surface area (Å²) in [6.45, 7) is 4.62. The Hall–Kier alpha value is -2.53. The quantitative estimate of drug-likeness (QED) is 0.649. The molecule has 0 unspecified atom stereocenters. The smallest absolute Gasteiger partial charge is 0.249 e. The molecule has 0 saturated carbocycles. The van der Waals surface area contributed by atoms with Gasteiger partial charge in [-0.05, 0) is 24.1 Å². The van der Waals surface area contributed by atoms with Crippen LogP contribution in [0.2, 0.25) is 0 Å². The molecule has 0 bridgehead atoms. The lowest BCUT2D eigenvalue weighted by Crippen LogP contribution is -2.38. The SMILES string of the molecule is Fc1cccc(C#Cc2nc3cscc3nc2OCCN2CCOCC2)c1. The number of rotatable bonds is 4. The second kappa shape index (κ2) is 8.44. The van der Waals surface area contributed by atoms with Gasteiger partial charge in [-0.1, -0.05) is 12.0 Å². The van der Waals surface area contributed by atoms with Crippen molar-refractivity contribution in [2.75, 3.05) is 39.5 Å². The summed E-state index contributed by atoms with van der Waals surface area (Å²) >= 11 is 1.53. The van der Waals surface area contributed by atoms with Crippen molar-refractivity contribution in [2.45, 2.75) is 0 Å². The van der Waals surface area contributed by atoms with E-state index in [1.165, 1.54) is 23.5 Å². The zero-order chi connectivity index (χ0) is 18.5. The van der Waals surface area contributed by atoms with Crippen LogP contribution in [-0.4, -0.2) is 54.3 Å². The maximum atomic E-state index is 13.3. The van der Waals surface area contributed by atoms with Crippen LogP contribution in [-0.2, 0) is 4.74 Å². The lowest BCUT2D eigenvalue weighted by Gasteiger charge is -2.26. The predicted octanol–water partition coefficient (Wildman–Crippen LogP) is 2.94. The number of hydrogen-bond acceptors (Lipinski definition) is 6. The molecule has 1 aromatic carbocycles. The second-order valence-corrected chi connectivity index (χ2v) is 6.83. The van der Waals surface area contributed by atoms with E-state index in [1.807, 2.05) is 10.8 Å². The standard InChI is InChI=1S/C20H18FN3O2S/c21-16-3-1-2-15(12-16)4-5-17-20(23-19-14-27-13-18(19)22-17)26-11-8-24-6-9-25-10-7-24/h1-3,12-14H,6-11H2. The van der Waals surface area contributed by atoms with Crippen LogP contribution in [0.5, 0.6) is 5.88 Å². The fourth-order valence-electron chi connectivity index (χ4n) is 2.76. The van der Waals surface area contributed by atoms with Gasteiger partial charge in [0.15, 0.2) is 5.69 Å². The summed E-state index contributed by atoms with van der Waals surface area (Å²) in [5.41, 5.74) is 2.62. The third-order valence-corrected chi connectivity index (χ3v) is 4.90. The van der Waals surface area contributed by atoms with Crippen LogP contribution in [0, 0.1) is 17.7 Å². The summed E-state index contributed by atoms with van der Waals surface area (Å²) in [6.07, 6.45) is 0. The molecule has 2 aromatic heterocycles. The number of aromatic nitrogens is 2. The van der Waals surface area contributed by atoms with E-state index in [-0.39, 0.29) is 5.82 Å². The van der Waals surface area contributed by atoms with Gasteiger partial charge in [-0.2, -0.15) is 0 Å². The zero-order valence-corrected chi connectivity index (χ0v) is 15.5. The monoisotopic (exact) mass is 383 g/mol. The third-order valence-electron chi connectivity index (χ3n) is 4.18. The van der Waals surface area contributed by atoms with Crippen molar-refractivity contribution in [3.63, 3.8) is 0 Å². The summed E-state index contributed by atoms with van der Waals surface area (Å²) in [7, 11) is 0. The predicted molar refractivity (Wildman–Crippen MR) is 103 cm³/mol. The summed E-state index contributed by atoms with van der Waals surface area (Å²) < 4.78 is 24.6. The Labute approximate surface area is 160 Å². The van der Waals surface area contributed by atoms with Gasteiger partial charge in [0.05, 0.1) is 13.2 Å². The molecule has 138 valence electrons.